The summed E-state index contributed by atoms with van der Waals surface area (Å²) in [5.74, 6) is 0.0913. The molecule has 2 fully saturated rings. The van der Waals surface area contributed by atoms with Gasteiger partial charge in [0.05, 0.1) is 6.10 Å². The smallest absolute Gasteiger partial charge is 0.221 e. The second-order valence-corrected chi connectivity index (χ2v) is 5.89. The van der Waals surface area contributed by atoms with Gasteiger partial charge in [-0.2, -0.15) is 0 Å². The van der Waals surface area contributed by atoms with Crippen molar-refractivity contribution in [2.45, 2.75) is 69.4 Å². The van der Waals surface area contributed by atoms with E-state index < -0.39 is 0 Å². The third-order valence-electron chi connectivity index (χ3n) is 4.16. The van der Waals surface area contributed by atoms with Crippen LogP contribution in [0.3, 0.4) is 0 Å². The molecule has 1 atom stereocenters. The van der Waals surface area contributed by atoms with Crippen LogP contribution in [0.5, 0.6) is 0 Å². The summed E-state index contributed by atoms with van der Waals surface area (Å²) in [5.41, 5.74) is 6.02. The van der Waals surface area contributed by atoms with Gasteiger partial charge in [-0.1, -0.05) is 19.3 Å². The van der Waals surface area contributed by atoms with Gasteiger partial charge in [-0.25, -0.2) is 0 Å². The number of carbonyl (C=O) groups excluding carboxylic acids is 1. The van der Waals surface area contributed by atoms with Gasteiger partial charge >= 0.3 is 0 Å². The van der Waals surface area contributed by atoms with Gasteiger partial charge in [0.25, 0.3) is 0 Å². The lowest BCUT2D eigenvalue weighted by Gasteiger charge is -2.33. The zero-order valence-electron chi connectivity index (χ0n) is 11.2. The van der Waals surface area contributed by atoms with E-state index in [1.807, 2.05) is 0 Å². The quantitative estimate of drug-likeness (QED) is 0.803. The molecule has 0 spiro atoms. The molecule has 1 saturated heterocycles. The number of carbonyl (C=O) groups is 1. The molecule has 1 aliphatic carbocycles. The number of nitrogens with one attached hydrogen (secondary N) is 1. The zero-order valence-corrected chi connectivity index (χ0v) is 11.2. The molecule has 0 bridgehead atoms. The lowest BCUT2D eigenvalue weighted by Crippen LogP contribution is -2.47. The Morgan fingerprint density at radius 2 is 2.00 bits per heavy atom. The van der Waals surface area contributed by atoms with Gasteiger partial charge in [0.2, 0.25) is 5.91 Å². The van der Waals surface area contributed by atoms with Crippen LogP contribution < -0.4 is 11.1 Å². The van der Waals surface area contributed by atoms with Crippen molar-refractivity contribution in [3.05, 3.63) is 0 Å². The fourth-order valence-corrected chi connectivity index (χ4v) is 3.01. The van der Waals surface area contributed by atoms with Gasteiger partial charge in [0.1, 0.15) is 0 Å². The molecule has 0 aromatic heterocycles. The summed E-state index contributed by atoms with van der Waals surface area (Å²) in [6.45, 7) is 1.48. The van der Waals surface area contributed by atoms with Gasteiger partial charge < -0.3 is 15.8 Å². The van der Waals surface area contributed by atoms with Crippen molar-refractivity contribution in [2.75, 3.05) is 13.2 Å². The van der Waals surface area contributed by atoms with Crippen LogP contribution in [0.4, 0.5) is 0 Å². The molecule has 4 nitrogen and oxygen atoms in total. The fourth-order valence-electron chi connectivity index (χ4n) is 3.01. The number of hydrogen-bond acceptors (Lipinski definition) is 3. The van der Waals surface area contributed by atoms with Crippen LogP contribution in [-0.2, 0) is 9.53 Å². The molecule has 1 aliphatic heterocycles. The van der Waals surface area contributed by atoms with Crippen molar-refractivity contribution in [3.63, 3.8) is 0 Å². The van der Waals surface area contributed by atoms with Crippen LogP contribution in [0.2, 0.25) is 0 Å². The van der Waals surface area contributed by atoms with Crippen LogP contribution in [0.1, 0.15) is 57.8 Å². The van der Waals surface area contributed by atoms with Crippen LogP contribution >= 0.6 is 0 Å². The van der Waals surface area contributed by atoms with Crippen LogP contribution in [-0.4, -0.2) is 30.7 Å². The maximum Gasteiger partial charge on any atom is 0.221 e. The molecule has 18 heavy (non-hydrogen) atoms. The molecule has 3 N–H and O–H groups in total. The largest absolute Gasteiger partial charge is 0.376 e. The molecule has 1 saturated carbocycles. The molecular weight excluding hydrogens is 228 g/mol. The summed E-state index contributed by atoms with van der Waals surface area (Å²) in [6.07, 6.45) is 9.66. The molecule has 1 amide bonds. The second-order valence-electron chi connectivity index (χ2n) is 5.89. The first-order chi connectivity index (χ1) is 8.68. The number of ether oxygens (including phenoxy) is 1. The maximum absolute atomic E-state index is 11.9. The Kier molecular flexibility index (Phi) is 5.01. The molecule has 2 aliphatic rings. The van der Waals surface area contributed by atoms with Crippen molar-refractivity contribution >= 4 is 5.91 Å². The number of hydrogen-bond donors (Lipinski definition) is 2. The summed E-state index contributed by atoms with van der Waals surface area (Å²) in [7, 11) is 0. The normalized spacial score (nSPS) is 27.7. The molecular formula is C14H26N2O2. The predicted octanol–water partition coefficient (Wildman–Crippen LogP) is 1.72. The van der Waals surface area contributed by atoms with E-state index in [-0.39, 0.29) is 17.6 Å². The van der Waals surface area contributed by atoms with Gasteiger partial charge in [-0.15, -0.1) is 0 Å². The lowest BCUT2D eigenvalue weighted by atomic mass is 9.80. The lowest BCUT2D eigenvalue weighted by molar-refractivity contribution is -0.123. The Morgan fingerprint density at radius 3 is 2.67 bits per heavy atom. The van der Waals surface area contributed by atoms with Gasteiger partial charge in [-0.3, -0.25) is 4.79 Å². The SMILES string of the molecule is NC1(CC(=O)NCC2CCCCO2)CCCCC1. The Bertz CT molecular complexity index is 269. The highest BCUT2D eigenvalue weighted by Gasteiger charge is 2.30. The van der Waals surface area contributed by atoms with Crippen LogP contribution in [0.15, 0.2) is 0 Å². The van der Waals surface area contributed by atoms with Crippen LogP contribution in [0, 0.1) is 0 Å². The van der Waals surface area contributed by atoms with Crippen molar-refractivity contribution in [2.24, 2.45) is 5.73 Å². The minimum Gasteiger partial charge on any atom is -0.376 e. The highest BCUT2D eigenvalue weighted by atomic mass is 16.5. The van der Waals surface area contributed by atoms with Crippen molar-refractivity contribution < 1.29 is 9.53 Å². The summed E-state index contributed by atoms with van der Waals surface area (Å²) in [4.78, 5) is 11.9. The van der Waals surface area contributed by atoms with Gasteiger partial charge in [0, 0.05) is 25.1 Å². The number of nitrogens with two attached hydrogens (primary N) is 1. The Hall–Kier alpha value is -0.610. The first-order valence-electron chi connectivity index (χ1n) is 7.35. The van der Waals surface area contributed by atoms with Crippen molar-refractivity contribution in [1.29, 1.82) is 0 Å². The highest BCUT2D eigenvalue weighted by Crippen LogP contribution is 2.28. The van der Waals surface area contributed by atoms with Crippen molar-refractivity contribution in [3.8, 4) is 0 Å². The minimum absolute atomic E-state index is 0.0913. The van der Waals surface area contributed by atoms with E-state index in [4.69, 9.17) is 10.5 Å². The third-order valence-corrected chi connectivity index (χ3v) is 4.16. The van der Waals surface area contributed by atoms with E-state index in [0.717, 1.165) is 45.1 Å². The summed E-state index contributed by atoms with van der Waals surface area (Å²) < 4.78 is 5.60. The molecule has 0 aromatic carbocycles. The molecule has 1 unspecified atom stereocenters. The zero-order chi connectivity index (χ0) is 12.8. The van der Waals surface area contributed by atoms with E-state index in [0.29, 0.717) is 13.0 Å². The molecule has 4 heteroatoms. The number of amides is 1. The predicted molar refractivity (Wildman–Crippen MR) is 71.2 cm³/mol. The molecule has 0 radical (unpaired) electrons. The van der Waals surface area contributed by atoms with Crippen molar-refractivity contribution in [1.82, 2.24) is 5.32 Å². The first kappa shape index (κ1) is 13.8. The van der Waals surface area contributed by atoms with E-state index in [1.165, 1.54) is 12.8 Å². The monoisotopic (exact) mass is 254 g/mol. The average molecular weight is 254 g/mol. The van der Waals surface area contributed by atoms with Crippen LogP contribution in [0.25, 0.3) is 0 Å². The number of rotatable bonds is 4. The van der Waals surface area contributed by atoms with E-state index in [9.17, 15) is 4.79 Å². The maximum atomic E-state index is 11.9. The van der Waals surface area contributed by atoms with Gasteiger partial charge in [0.15, 0.2) is 0 Å². The summed E-state index contributed by atoms with van der Waals surface area (Å²) >= 11 is 0. The Morgan fingerprint density at radius 1 is 1.22 bits per heavy atom. The molecule has 1 heterocycles. The summed E-state index contributed by atoms with van der Waals surface area (Å²) in [6, 6.07) is 0. The fraction of sp³-hybridized carbons (Fsp3) is 0.929. The first-order valence-corrected chi connectivity index (χ1v) is 7.35. The standard InChI is InChI=1S/C14H26N2O2/c15-14(7-3-1-4-8-14)10-13(17)16-11-12-6-2-5-9-18-12/h12H,1-11,15H2,(H,16,17). The van der Waals surface area contributed by atoms with E-state index in [1.54, 1.807) is 0 Å². The average Bonchev–Trinajstić information content (AvgIpc) is 2.38. The molecule has 0 aromatic rings. The highest BCUT2D eigenvalue weighted by molar-refractivity contribution is 5.77. The van der Waals surface area contributed by atoms with E-state index >= 15 is 0 Å². The van der Waals surface area contributed by atoms with Gasteiger partial charge in [-0.05, 0) is 32.1 Å². The Labute approximate surface area is 110 Å². The van der Waals surface area contributed by atoms with E-state index in [2.05, 4.69) is 5.32 Å². The molecule has 104 valence electrons. The topological polar surface area (TPSA) is 64.4 Å². The second kappa shape index (κ2) is 6.53. The molecule has 2 rings (SSSR count). The minimum atomic E-state index is -0.254. The Balaban J connectivity index is 1.67. The summed E-state index contributed by atoms with van der Waals surface area (Å²) in [5, 5.41) is 2.98. The third kappa shape index (κ3) is 4.25.